The smallest absolute Gasteiger partial charge is 0.352 e. The van der Waals surface area contributed by atoms with Crippen LogP contribution in [0.2, 0.25) is 0 Å². The van der Waals surface area contributed by atoms with Gasteiger partial charge in [0.05, 0.1) is 5.56 Å². The van der Waals surface area contributed by atoms with E-state index >= 15 is 0 Å². The summed E-state index contributed by atoms with van der Waals surface area (Å²) in [4.78, 5) is 34.3. The van der Waals surface area contributed by atoms with Crippen molar-refractivity contribution < 1.29 is 19.4 Å². The van der Waals surface area contributed by atoms with Gasteiger partial charge < -0.3 is 20.5 Å². The molecule has 1 aliphatic heterocycles. The van der Waals surface area contributed by atoms with E-state index < -0.39 is 17.5 Å². The largest absolute Gasteiger partial charge is 0.477 e. The summed E-state index contributed by atoms with van der Waals surface area (Å²) in [5.74, 6) is -0.972. The first-order chi connectivity index (χ1) is 13.0. The summed E-state index contributed by atoms with van der Waals surface area (Å²) in [6, 6.07) is 3.42. The van der Waals surface area contributed by atoms with Gasteiger partial charge in [0, 0.05) is 43.0 Å². The van der Waals surface area contributed by atoms with Crippen LogP contribution in [0.1, 0.15) is 51.4 Å². The van der Waals surface area contributed by atoms with Gasteiger partial charge in [-0.3, -0.25) is 4.99 Å². The van der Waals surface area contributed by atoms with Crippen LogP contribution < -0.4 is 10.6 Å². The third kappa shape index (κ3) is 5.55. The minimum absolute atomic E-state index is 0.0457. The number of carbonyl (C=O) groups excluding carboxylic acids is 1. The van der Waals surface area contributed by atoms with Gasteiger partial charge in [-0.15, -0.1) is 0 Å². The van der Waals surface area contributed by atoms with Crippen molar-refractivity contribution in [2.45, 2.75) is 52.7 Å². The predicted octanol–water partition coefficient (Wildman–Crippen LogP) is 2.39. The fourth-order valence-corrected chi connectivity index (χ4v) is 2.80. The standard InChI is InChI=1S/C20H28N4O4/c1-12(2)23-15-8-9-24(11-14(15)17(21)18(25)26)16-7-6-13(10-22-16)19(27)28-20(3,4)5/h6-7,10,12H,8-9,11,21H2,1-5H3,(H,25,26)/b17-14-,23-15?. The van der Waals surface area contributed by atoms with E-state index in [1.54, 1.807) is 32.9 Å². The van der Waals surface area contributed by atoms with Crippen LogP contribution in [-0.4, -0.2) is 52.5 Å². The molecule has 0 aromatic carbocycles. The van der Waals surface area contributed by atoms with Gasteiger partial charge in [0.2, 0.25) is 0 Å². The molecule has 0 radical (unpaired) electrons. The van der Waals surface area contributed by atoms with Gasteiger partial charge in [-0.1, -0.05) is 0 Å². The van der Waals surface area contributed by atoms with Crippen molar-refractivity contribution in [1.29, 1.82) is 0 Å². The molecule has 0 amide bonds. The molecule has 0 spiro atoms. The highest BCUT2D eigenvalue weighted by molar-refractivity contribution is 6.07. The van der Waals surface area contributed by atoms with E-state index in [1.165, 1.54) is 6.20 Å². The van der Waals surface area contributed by atoms with Gasteiger partial charge in [0.1, 0.15) is 17.1 Å². The lowest BCUT2D eigenvalue weighted by Gasteiger charge is -2.31. The van der Waals surface area contributed by atoms with Gasteiger partial charge in [-0.25, -0.2) is 14.6 Å². The number of piperidine rings is 1. The summed E-state index contributed by atoms with van der Waals surface area (Å²) in [5.41, 5.74) is 6.61. The minimum Gasteiger partial charge on any atom is -0.477 e. The number of anilines is 1. The van der Waals surface area contributed by atoms with Crippen LogP contribution in [0.4, 0.5) is 5.82 Å². The summed E-state index contributed by atoms with van der Waals surface area (Å²) in [7, 11) is 0. The molecule has 1 fully saturated rings. The number of hydrogen-bond donors (Lipinski definition) is 2. The summed E-state index contributed by atoms with van der Waals surface area (Å²) in [6.07, 6.45) is 2.03. The van der Waals surface area contributed by atoms with E-state index in [4.69, 9.17) is 10.5 Å². The Labute approximate surface area is 165 Å². The molecule has 8 nitrogen and oxygen atoms in total. The number of nitrogens with zero attached hydrogens (tertiary/aromatic N) is 3. The van der Waals surface area contributed by atoms with Gasteiger partial charge in [0.15, 0.2) is 0 Å². The molecule has 0 atom stereocenters. The van der Waals surface area contributed by atoms with Crippen LogP contribution in [-0.2, 0) is 9.53 Å². The number of esters is 1. The predicted molar refractivity (Wildman–Crippen MR) is 108 cm³/mol. The van der Waals surface area contributed by atoms with E-state index in [0.717, 1.165) is 5.71 Å². The first-order valence-electron chi connectivity index (χ1n) is 9.21. The van der Waals surface area contributed by atoms with E-state index in [2.05, 4.69) is 9.98 Å². The molecule has 8 heteroatoms. The number of carboxylic acids is 1. The van der Waals surface area contributed by atoms with Crippen molar-refractivity contribution in [1.82, 2.24) is 4.98 Å². The number of pyridine rings is 1. The summed E-state index contributed by atoms with van der Waals surface area (Å²) < 4.78 is 5.34. The van der Waals surface area contributed by atoms with Crippen molar-refractivity contribution in [3.63, 3.8) is 0 Å². The summed E-state index contributed by atoms with van der Waals surface area (Å²) in [6.45, 7) is 10.2. The van der Waals surface area contributed by atoms with Crippen LogP contribution in [0.25, 0.3) is 0 Å². The van der Waals surface area contributed by atoms with Gasteiger partial charge in [0.25, 0.3) is 0 Å². The maximum Gasteiger partial charge on any atom is 0.352 e. The fourth-order valence-electron chi connectivity index (χ4n) is 2.80. The molecule has 0 bridgehead atoms. The van der Waals surface area contributed by atoms with Crippen molar-refractivity contribution >= 4 is 23.5 Å². The number of rotatable bonds is 4. The molecule has 3 N–H and O–H groups in total. The lowest BCUT2D eigenvalue weighted by atomic mass is 9.99. The normalized spacial score (nSPS) is 18.4. The zero-order chi connectivity index (χ0) is 21.1. The number of aromatic nitrogens is 1. The molecule has 0 aliphatic carbocycles. The number of carboxylic acid groups (broad SMARTS) is 1. The van der Waals surface area contributed by atoms with E-state index in [0.29, 0.717) is 36.5 Å². The number of hydrogen-bond acceptors (Lipinski definition) is 7. The first-order valence-corrected chi connectivity index (χ1v) is 9.21. The first kappa shape index (κ1) is 21.4. The van der Waals surface area contributed by atoms with Crippen LogP contribution in [0.15, 0.2) is 34.6 Å². The zero-order valence-corrected chi connectivity index (χ0v) is 17.0. The molecule has 1 saturated heterocycles. The Balaban J connectivity index is 2.24. The highest BCUT2D eigenvalue weighted by Gasteiger charge is 2.26. The molecule has 1 aromatic heterocycles. The van der Waals surface area contributed by atoms with E-state index in [1.807, 2.05) is 18.7 Å². The average molecular weight is 388 g/mol. The fraction of sp³-hybridized carbons (Fsp3) is 0.500. The molecular weight excluding hydrogens is 360 g/mol. The van der Waals surface area contributed by atoms with Crippen molar-refractivity contribution in [3.05, 3.63) is 35.2 Å². The molecule has 2 heterocycles. The van der Waals surface area contributed by atoms with Gasteiger partial charge in [-0.05, 0) is 46.8 Å². The topological polar surface area (TPSA) is 118 Å². The second kappa shape index (κ2) is 8.41. The maximum atomic E-state index is 12.1. The summed E-state index contributed by atoms with van der Waals surface area (Å²) >= 11 is 0. The quantitative estimate of drug-likeness (QED) is 0.600. The Kier molecular flexibility index (Phi) is 6.43. The Morgan fingerprint density at radius 3 is 2.50 bits per heavy atom. The average Bonchev–Trinajstić information content (AvgIpc) is 2.59. The number of aliphatic carboxylic acids is 1. The molecule has 1 aromatic rings. The van der Waals surface area contributed by atoms with Crippen molar-refractivity contribution in [2.24, 2.45) is 10.7 Å². The van der Waals surface area contributed by atoms with Gasteiger partial charge >= 0.3 is 11.9 Å². The Hall–Kier alpha value is -2.90. The Morgan fingerprint density at radius 1 is 1.32 bits per heavy atom. The monoisotopic (exact) mass is 388 g/mol. The maximum absolute atomic E-state index is 12.1. The third-order valence-electron chi connectivity index (χ3n) is 3.99. The molecule has 1 aliphatic rings. The number of ether oxygens (including phenoxy) is 1. The number of carbonyl (C=O) groups is 2. The molecule has 152 valence electrons. The van der Waals surface area contributed by atoms with Crippen LogP contribution in [0.5, 0.6) is 0 Å². The second-order valence-electron chi connectivity index (χ2n) is 7.95. The van der Waals surface area contributed by atoms with Crippen LogP contribution >= 0.6 is 0 Å². The lowest BCUT2D eigenvalue weighted by molar-refractivity contribution is -0.132. The highest BCUT2D eigenvalue weighted by Crippen LogP contribution is 2.22. The molecule has 28 heavy (non-hydrogen) atoms. The highest BCUT2D eigenvalue weighted by atomic mass is 16.6. The lowest BCUT2D eigenvalue weighted by Crippen LogP contribution is -2.39. The van der Waals surface area contributed by atoms with Crippen LogP contribution in [0, 0.1) is 0 Å². The SMILES string of the molecule is CC(C)N=C1CCN(c2ccc(C(=O)OC(C)(C)C)cn2)C/C1=C(/N)C(=O)O. The number of nitrogens with two attached hydrogens (primary N) is 1. The third-order valence-corrected chi connectivity index (χ3v) is 3.99. The molecule has 0 saturated carbocycles. The number of aliphatic imine (C=N–C) groups is 1. The molecule has 0 unspecified atom stereocenters. The Morgan fingerprint density at radius 2 is 2.00 bits per heavy atom. The van der Waals surface area contributed by atoms with E-state index in [-0.39, 0.29) is 11.7 Å². The van der Waals surface area contributed by atoms with E-state index in [9.17, 15) is 14.7 Å². The Bertz CT molecular complexity index is 804. The minimum atomic E-state index is -1.17. The summed E-state index contributed by atoms with van der Waals surface area (Å²) in [5, 5.41) is 9.31. The van der Waals surface area contributed by atoms with Crippen molar-refractivity contribution in [2.75, 3.05) is 18.0 Å². The zero-order valence-electron chi connectivity index (χ0n) is 17.0. The van der Waals surface area contributed by atoms with Crippen molar-refractivity contribution in [3.8, 4) is 0 Å². The molecular formula is C20H28N4O4. The van der Waals surface area contributed by atoms with Gasteiger partial charge in [-0.2, -0.15) is 0 Å². The van der Waals surface area contributed by atoms with Crippen LogP contribution in [0.3, 0.4) is 0 Å². The molecule has 2 rings (SSSR count). The second-order valence-corrected chi connectivity index (χ2v) is 7.95.